The van der Waals surface area contributed by atoms with E-state index < -0.39 is 10.0 Å². The highest BCUT2D eigenvalue weighted by Crippen LogP contribution is 2.21. The summed E-state index contributed by atoms with van der Waals surface area (Å²) in [5, 5.41) is 9.30. The van der Waals surface area contributed by atoms with Crippen LogP contribution in [-0.2, 0) is 10.0 Å². The van der Waals surface area contributed by atoms with E-state index in [1.807, 2.05) is 0 Å². The van der Waals surface area contributed by atoms with E-state index in [9.17, 15) is 13.5 Å². The summed E-state index contributed by atoms with van der Waals surface area (Å²) < 4.78 is 25.0. The van der Waals surface area contributed by atoms with E-state index in [0.717, 1.165) is 0 Å². The third-order valence-corrected chi connectivity index (χ3v) is 4.32. The Morgan fingerprint density at radius 2 is 2.06 bits per heavy atom. The topological polar surface area (TPSA) is 83.6 Å². The summed E-state index contributed by atoms with van der Waals surface area (Å²) in [7, 11) is -1.86. The lowest BCUT2D eigenvalue weighted by Crippen LogP contribution is -2.29. The van der Waals surface area contributed by atoms with Crippen molar-refractivity contribution in [3.63, 3.8) is 0 Å². The van der Waals surface area contributed by atoms with Gasteiger partial charge in [0.25, 0.3) is 0 Å². The van der Waals surface area contributed by atoms with Gasteiger partial charge in [-0.25, -0.2) is 8.42 Å². The molecule has 1 aromatic rings. The lowest BCUT2D eigenvalue weighted by Gasteiger charge is -2.19. The molecule has 0 aromatic heterocycles. The lowest BCUT2D eigenvalue weighted by molar-refractivity contribution is 0.475. The first-order chi connectivity index (χ1) is 7.97. The molecular formula is C11H18N2O3S. The summed E-state index contributed by atoms with van der Waals surface area (Å²) in [6.45, 7) is 0.491. The Hall–Kier alpha value is -1.27. The fourth-order valence-electron chi connectivity index (χ4n) is 1.42. The predicted molar refractivity (Wildman–Crippen MR) is 68.6 cm³/mol. The van der Waals surface area contributed by atoms with Gasteiger partial charge in [-0.1, -0.05) is 6.07 Å². The van der Waals surface area contributed by atoms with Gasteiger partial charge in [-0.3, -0.25) is 4.31 Å². The van der Waals surface area contributed by atoms with Gasteiger partial charge in [0.1, 0.15) is 5.75 Å². The molecule has 1 rings (SSSR count). The van der Waals surface area contributed by atoms with Gasteiger partial charge in [0, 0.05) is 13.1 Å². The number of nitrogens with zero attached hydrogens (tertiary/aromatic N) is 1. The van der Waals surface area contributed by atoms with Crippen LogP contribution in [0.2, 0.25) is 0 Å². The van der Waals surface area contributed by atoms with Crippen LogP contribution in [0, 0.1) is 0 Å². The van der Waals surface area contributed by atoms with Gasteiger partial charge in [0.15, 0.2) is 0 Å². The number of phenolic OH excluding ortho intramolecular Hbond substituents is 1. The number of hydrogen-bond donors (Lipinski definition) is 2. The van der Waals surface area contributed by atoms with Gasteiger partial charge >= 0.3 is 0 Å². The highest BCUT2D eigenvalue weighted by atomic mass is 32.2. The van der Waals surface area contributed by atoms with E-state index in [1.165, 1.54) is 23.5 Å². The molecule has 0 aliphatic carbocycles. The van der Waals surface area contributed by atoms with Gasteiger partial charge in [0.05, 0.1) is 11.4 Å². The standard InChI is InChI=1S/C11H18N2O3S/c1-13(10-5-4-6-11(14)9-10)17(15,16)8-3-2-7-12/h4-6,9,14H,2-3,7-8,12H2,1H3. The first-order valence-electron chi connectivity index (χ1n) is 5.43. The highest BCUT2D eigenvalue weighted by Gasteiger charge is 2.17. The van der Waals surface area contributed by atoms with Gasteiger partial charge in [-0.05, 0) is 31.5 Å². The molecule has 6 heteroatoms. The van der Waals surface area contributed by atoms with Crippen molar-refractivity contribution in [3.05, 3.63) is 24.3 Å². The monoisotopic (exact) mass is 258 g/mol. The number of unbranched alkanes of at least 4 members (excludes halogenated alkanes) is 1. The lowest BCUT2D eigenvalue weighted by atomic mass is 10.3. The maximum Gasteiger partial charge on any atom is 0.234 e. The molecular weight excluding hydrogens is 240 g/mol. The molecule has 0 atom stereocenters. The molecule has 0 unspecified atom stereocenters. The van der Waals surface area contributed by atoms with E-state index in [-0.39, 0.29) is 11.5 Å². The summed E-state index contributed by atoms with van der Waals surface area (Å²) in [5.74, 6) is 0.114. The molecule has 5 nitrogen and oxygen atoms in total. The summed E-state index contributed by atoms with van der Waals surface area (Å²) in [5.41, 5.74) is 5.78. The van der Waals surface area contributed by atoms with Crippen LogP contribution in [-0.4, -0.2) is 32.9 Å². The number of aromatic hydroxyl groups is 1. The Balaban J connectivity index is 2.78. The van der Waals surface area contributed by atoms with Crippen molar-refractivity contribution in [3.8, 4) is 5.75 Å². The second kappa shape index (κ2) is 5.88. The Labute approximate surface area is 102 Å². The molecule has 0 radical (unpaired) electrons. The Morgan fingerprint density at radius 1 is 1.35 bits per heavy atom. The minimum atomic E-state index is -3.34. The zero-order valence-electron chi connectivity index (χ0n) is 9.83. The molecule has 0 saturated heterocycles. The minimum absolute atomic E-state index is 0.0477. The molecule has 0 heterocycles. The van der Waals surface area contributed by atoms with Crippen LogP contribution in [0.1, 0.15) is 12.8 Å². The van der Waals surface area contributed by atoms with Crippen molar-refractivity contribution in [1.82, 2.24) is 0 Å². The summed E-state index contributed by atoms with van der Waals surface area (Å²) in [4.78, 5) is 0. The third kappa shape index (κ3) is 3.90. The van der Waals surface area contributed by atoms with E-state index in [0.29, 0.717) is 25.1 Å². The fourth-order valence-corrected chi connectivity index (χ4v) is 2.69. The molecule has 0 fully saturated rings. The third-order valence-electron chi connectivity index (χ3n) is 2.47. The number of anilines is 1. The average molecular weight is 258 g/mol. The maximum atomic E-state index is 11.9. The average Bonchev–Trinajstić information content (AvgIpc) is 2.28. The van der Waals surface area contributed by atoms with E-state index in [2.05, 4.69) is 0 Å². The number of hydrogen-bond acceptors (Lipinski definition) is 4. The van der Waals surface area contributed by atoms with Gasteiger partial charge in [-0.2, -0.15) is 0 Å². The Kier molecular flexibility index (Phi) is 4.77. The van der Waals surface area contributed by atoms with Crippen LogP contribution < -0.4 is 10.0 Å². The van der Waals surface area contributed by atoms with Crippen molar-refractivity contribution in [2.75, 3.05) is 23.7 Å². The molecule has 0 aliphatic rings. The van der Waals surface area contributed by atoms with Crippen molar-refractivity contribution < 1.29 is 13.5 Å². The normalized spacial score (nSPS) is 11.4. The largest absolute Gasteiger partial charge is 0.508 e. The molecule has 17 heavy (non-hydrogen) atoms. The SMILES string of the molecule is CN(c1cccc(O)c1)S(=O)(=O)CCCCN. The van der Waals surface area contributed by atoms with Crippen LogP contribution >= 0.6 is 0 Å². The smallest absolute Gasteiger partial charge is 0.234 e. The molecule has 3 N–H and O–H groups in total. The van der Waals surface area contributed by atoms with Gasteiger partial charge in [-0.15, -0.1) is 0 Å². The zero-order valence-corrected chi connectivity index (χ0v) is 10.7. The minimum Gasteiger partial charge on any atom is -0.508 e. The second-order valence-electron chi connectivity index (χ2n) is 3.80. The first kappa shape index (κ1) is 13.8. The molecule has 0 amide bonds. The molecule has 1 aromatic carbocycles. The molecule has 96 valence electrons. The van der Waals surface area contributed by atoms with Crippen LogP contribution in [0.25, 0.3) is 0 Å². The highest BCUT2D eigenvalue weighted by molar-refractivity contribution is 7.92. The maximum absolute atomic E-state index is 11.9. The van der Waals surface area contributed by atoms with Crippen molar-refractivity contribution in [2.24, 2.45) is 5.73 Å². The molecule has 0 spiro atoms. The number of sulfonamides is 1. The van der Waals surface area contributed by atoms with Crippen LogP contribution in [0.3, 0.4) is 0 Å². The van der Waals surface area contributed by atoms with Gasteiger partial charge < -0.3 is 10.8 Å². The van der Waals surface area contributed by atoms with Crippen molar-refractivity contribution >= 4 is 15.7 Å². The number of phenols is 1. The second-order valence-corrected chi connectivity index (χ2v) is 5.92. The predicted octanol–water partition coefficient (Wildman–Crippen LogP) is 0.897. The Bertz CT molecular complexity index is 460. The molecule has 0 bridgehead atoms. The first-order valence-corrected chi connectivity index (χ1v) is 7.04. The quantitative estimate of drug-likeness (QED) is 0.742. The molecule has 0 saturated carbocycles. The zero-order chi connectivity index (χ0) is 12.9. The van der Waals surface area contributed by atoms with Gasteiger partial charge in [0.2, 0.25) is 10.0 Å². The van der Waals surface area contributed by atoms with Crippen LogP contribution in [0.5, 0.6) is 5.75 Å². The van der Waals surface area contributed by atoms with Crippen molar-refractivity contribution in [2.45, 2.75) is 12.8 Å². The van der Waals surface area contributed by atoms with Crippen LogP contribution in [0.15, 0.2) is 24.3 Å². The summed E-state index contributed by atoms with van der Waals surface area (Å²) in [6.07, 6.45) is 1.23. The number of rotatable bonds is 6. The van der Waals surface area contributed by atoms with Crippen molar-refractivity contribution in [1.29, 1.82) is 0 Å². The van der Waals surface area contributed by atoms with E-state index >= 15 is 0 Å². The Morgan fingerprint density at radius 3 is 2.65 bits per heavy atom. The number of benzene rings is 1. The fraction of sp³-hybridized carbons (Fsp3) is 0.455. The number of nitrogens with two attached hydrogens (primary N) is 1. The summed E-state index contributed by atoms with van der Waals surface area (Å²) in [6, 6.07) is 6.16. The molecule has 0 aliphatic heterocycles. The van der Waals surface area contributed by atoms with E-state index in [4.69, 9.17) is 5.73 Å². The summed E-state index contributed by atoms with van der Waals surface area (Å²) >= 11 is 0. The van der Waals surface area contributed by atoms with Crippen LogP contribution in [0.4, 0.5) is 5.69 Å². The van der Waals surface area contributed by atoms with E-state index in [1.54, 1.807) is 12.1 Å².